The summed E-state index contributed by atoms with van der Waals surface area (Å²) < 4.78 is 4.88. The number of methoxy groups -OCH3 is 1. The molecule has 3 rings (SSSR count). The Labute approximate surface area is 137 Å². The monoisotopic (exact) mass is 310 g/mol. The van der Waals surface area contributed by atoms with E-state index in [1.807, 2.05) is 0 Å². The summed E-state index contributed by atoms with van der Waals surface area (Å²) in [5.74, 6) is 0.0535. The Hall–Kier alpha value is -2.17. The van der Waals surface area contributed by atoms with Crippen molar-refractivity contribution < 1.29 is 9.53 Å². The molecule has 1 heterocycles. The summed E-state index contributed by atoms with van der Waals surface area (Å²) in [6.07, 6.45) is 3.65. The molecular weight excluding hydrogens is 287 g/mol. The second-order valence-electron chi connectivity index (χ2n) is 6.16. The van der Waals surface area contributed by atoms with Gasteiger partial charge in [-0.2, -0.15) is 0 Å². The largest absolute Gasteiger partial charge is 0.469 e. The molecule has 0 saturated carbocycles. The number of hydrogen-bond acceptors (Lipinski definition) is 4. The molecule has 0 spiro atoms. The zero-order chi connectivity index (χ0) is 16.2. The minimum Gasteiger partial charge on any atom is -0.469 e. The summed E-state index contributed by atoms with van der Waals surface area (Å²) in [5.41, 5.74) is 2.27. The molecule has 0 aliphatic carbocycles. The van der Waals surface area contributed by atoms with Crippen molar-refractivity contribution in [1.82, 2.24) is 0 Å². The van der Waals surface area contributed by atoms with Crippen molar-refractivity contribution in [1.29, 1.82) is 0 Å². The number of rotatable bonds is 6. The molecule has 4 nitrogen and oxygen atoms in total. The number of carbonyl (C=O) groups is 1. The fourth-order valence-electron chi connectivity index (χ4n) is 3.34. The van der Waals surface area contributed by atoms with Crippen LogP contribution in [-0.2, 0) is 9.53 Å². The summed E-state index contributed by atoms with van der Waals surface area (Å²) in [7, 11) is 1.46. The fourth-order valence-corrected chi connectivity index (χ4v) is 3.34. The summed E-state index contributed by atoms with van der Waals surface area (Å²) in [6, 6.07) is 12.6. The Morgan fingerprint density at radius 1 is 1.17 bits per heavy atom. The molecule has 23 heavy (non-hydrogen) atoms. The van der Waals surface area contributed by atoms with E-state index in [0.29, 0.717) is 6.42 Å². The van der Waals surface area contributed by atoms with E-state index in [4.69, 9.17) is 4.74 Å². The van der Waals surface area contributed by atoms with Crippen LogP contribution >= 0.6 is 0 Å². The SMILES string of the molecule is CCCC[C@H](CC(=O)OC)B1Nc2cccc3cccc(c23)N1. The molecule has 2 N–H and O–H groups in total. The van der Waals surface area contributed by atoms with E-state index in [9.17, 15) is 4.79 Å². The summed E-state index contributed by atoms with van der Waals surface area (Å²) >= 11 is 0. The molecule has 120 valence electrons. The van der Waals surface area contributed by atoms with Gasteiger partial charge < -0.3 is 15.2 Å². The molecule has 0 fully saturated rings. The van der Waals surface area contributed by atoms with E-state index in [0.717, 1.165) is 30.6 Å². The molecular formula is C18H23BN2O2. The molecule has 2 aromatic rings. The summed E-state index contributed by atoms with van der Waals surface area (Å²) in [5, 5.41) is 9.60. The number of carbonyl (C=O) groups excluding carboxylic acids is 1. The first-order valence-corrected chi connectivity index (χ1v) is 8.34. The highest BCUT2D eigenvalue weighted by atomic mass is 16.5. The van der Waals surface area contributed by atoms with Crippen LogP contribution in [0.25, 0.3) is 10.8 Å². The van der Waals surface area contributed by atoms with Gasteiger partial charge in [-0.3, -0.25) is 4.79 Å². The average Bonchev–Trinajstić information content (AvgIpc) is 2.58. The van der Waals surface area contributed by atoms with Gasteiger partial charge in [0, 0.05) is 23.2 Å². The molecule has 0 aromatic heterocycles. The Morgan fingerprint density at radius 2 is 1.83 bits per heavy atom. The molecule has 5 heteroatoms. The lowest BCUT2D eigenvalue weighted by Gasteiger charge is -2.31. The quantitative estimate of drug-likeness (QED) is 0.617. The molecule has 0 bridgehead atoms. The average molecular weight is 310 g/mol. The van der Waals surface area contributed by atoms with Crippen molar-refractivity contribution in [2.24, 2.45) is 0 Å². The van der Waals surface area contributed by atoms with Crippen LogP contribution in [0.2, 0.25) is 5.82 Å². The lowest BCUT2D eigenvalue weighted by molar-refractivity contribution is -0.140. The number of esters is 1. The van der Waals surface area contributed by atoms with E-state index in [1.54, 1.807) is 0 Å². The molecule has 0 radical (unpaired) electrons. The van der Waals surface area contributed by atoms with Gasteiger partial charge in [-0.25, -0.2) is 0 Å². The van der Waals surface area contributed by atoms with Crippen LogP contribution in [0, 0.1) is 0 Å². The number of anilines is 2. The predicted molar refractivity (Wildman–Crippen MR) is 96.9 cm³/mol. The van der Waals surface area contributed by atoms with Crippen molar-refractivity contribution in [3.63, 3.8) is 0 Å². The Morgan fingerprint density at radius 3 is 2.39 bits per heavy atom. The smallest absolute Gasteiger partial charge is 0.374 e. The van der Waals surface area contributed by atoms with E-state index in [-0.39, 0.29) is 18.8 Å². The van der Waals surface area contributed by atoms with Gasteiger partial charge in [0.25, 0.3) is 0 Å². The van der Waals surface area contributed by atoms with E-state index < -0.39 is 0 Å². The standard InChI is InChI=1S/C18H23BN2O2/c1-3-4-9-14(12-17(22)23-2)19-20-15-10-5-7-13-8-6-11-16(21-19)18(13)15/h5-8,10-11,14,20-21H,3-4,9,12H2,1-2H3/t14-/m1/s1. The first-order chi connectivity index (χ1) is 11.2. The van der Waals surface area contributed by atoms with E-state index >= 15 is 0 Å². The normalized spacial score (nSPS) is 14.1. The third-order valence-electron chi connectivity index (χ3n) is 4.58. The predicted octanol–water partition coefficient (Wildman–Crippen LogP) is 4.29. The minimum atomic E-state index is -0.147. The van der Waals surface area contributed by atoms with Gasteiger partial charge >= 0.3 is 13.0 Å². The Kier molecular flexibility index (Phi) is 4.75. The fraction of sp³-hybridized carbons (Fsp3) is 0.389. The molecule has 1 aliphatic heterocycles. The number of benzene rings is 2. The highest BCUT2D eigenvalue weighted by molar-refractivity contribution is 6.69. The summed E-state index contributed by atoms with van der Waals surface area (Å²) in [4.78, 5) is 11.8. The highest BCUT2D eigenvalue weighted by Gasteiger charge is 2.33. The number of ether oxygens (including phenoxy) is 1. The molecule has 0 saturated heterocycles. The van der Waals surface area contributed by atoms with Crippen molar-refractivity contribution in [3.05, 3.63) is 36.4 Å². The first kappa shape index (κ1) is 15.7. The number of unbranched alkanes of at least 4 members (excludes halogenated alkanes) is 1. The van der Waals surface area contributed by atoms with Gasteiger partial charge in [-0.1, -0.05) is 50.5 Å². The van der Waals surface area contributed by atoms with Crippen LogP contribution in [0.5, 0.6) is 0 Å². The van der Waals surface area contributed by atoms with Crippen LogP contribution in [0.1, 0.15) is 32.6 Å². The topological polar surface area (TPSA) is 50.4 Å². The second-order valence-corrected chi connectivity index (χ2v) is 6.16. The maximum atomic E-state index is 11.8. The van der Waals surface area contributed by atoms with Gasteiger partial charge in [0.2, 0.25) is 0 Å². The van der Waals surface area contributed by atoms with Gasteiger partial charge in [0.05, 0.1) is 7.11 Å². The molecule has 2 aromatic carbocycles. The van der Waals surface area contributed by atoms with Crippen LogP contribution in [0.4, 0.5) is 11.4 Å². The van der Waals surface area contributed by atoms with Crippen LogP contribution in [0.3, 0.4) is 0 Å². The second kappa shape index (κ2) is 6.94. The van der Waals surface area contributed by atoms with Crippen molar-refractivity contribution in [3.8, 4) is 0 Å². The third-order valence-corrected chi connectivity index (χ3v) is 4.58. The zero-order valence-electron chi connectivity index (χ0n) is 13.8. The molecule has 1 atom stereocenters. The Bertz CT molecular complexity index is 664. The highest BCUT2D eigenvalue weighted by Crippen LogP contribution is 2.37. The molecule has 1 aliphatic rings. The first-order valence-electron chi connectivity index (χ1n) is 8.34. The zero-order valence-corrected chi connectivity index (χ0v) is 13.8. The number of hydrogen-bond donors (Lipinski definition) is 2. The van der Waals surface area contributed by atoms with Crippen molar-refractivity contribution in [2.45, 2.75) is 38.4 Å². The van der Waals surface area contributed by atoms with Crippen LogP contribution in [0.15, 0.2) is 36.4 Å². The van der Waals surface area contributed by atoms with E-state index in [1.165, 1.54) is 17.9 Å². The van der Waals surface area contributed by atoms with Crippen molar-refractivity contribution >= 4 is 35.1 Å². The third kappa shape index (κ3) is 3.28. The maximum absolute atomic E-state index is 11.8. The van der Waals surface area contributed by atoms with Crippen LogP contribution in [-0.4, -0.2) is 20.1 Å². The van der Waals surface area contributed by atoms with Crippen molar-refractivity contribution in [2.75, 3.05) is 17.6 Å². The lowest BCUT2D eigenvalue weighted by atomic mass is 9.57. The van der Waals surface area contributed by atoms with Gasteiger partial charge in [-0.15, -0.1) is 0 Å². The Balaban J connectivity index is 1.87. The molecule has 0 unspecified atom stereocenters. The lowest BCUT2D eigenvalue weighted by Crippen LogP contribution is -2.42. The maximum Gasteiger partial charge on any atom is 0.374 e. The van der Waals surface area contributed by atoms with Gasteiger partial charge in [-0.05, 0) is 23.3 Å². The molecule has 0 amide bonds. The summed E-state index contributed by atoms with van der Waals surface area (Å²) in [6.45, 7) is 2.22. The van der Waals surface area contributed by atoms with Crippen LogP contribution < -0.4 is 10.5 Å². The number of nitrogens with one attached hydrogen (secondary N) is 2. The van der Waals surface area contributed by atoms with E-state index in [2.05, 4.69) is 53.8 Å². The minimum absolute atomic E-state index is 0.0427. The van der Waals surface area contributed by atoms with Gasteiger partial charge in [0.1, 0.15) is 0 Å². The van der Waals surface area contributed by atoms with Gasteiger partial charge in [0.15, 0.2) is 0 Å².